The third-order valence-corrected chi connectivity index (χ3v) is 4.18. The Kier molecular flexibility index (Phi) is 7.57. The van der Waals surface area contributed by atoms with Crippen molar-refractivity contribution < 1.29 is 4.74 Å². The molecule has 0 saturated carbocycles. The van der Waals surface area contributed by atoms with Gasteiger partial charge in [0.1, 0.15) is 5.60 Å². The van der Waals surface area contributed by atoms with Crippen molar-refractivity contribution in [2.45, 2.75) is 12.5 Å². The lowest BCUT2D eigenvalue weighted by atomic mass is 9.88. The minimum absolute atomic E-state index is 0. The quantitative estimate of drug-likeness (QED) is 0.715. The van der Waals surface area contributed by atoms with Gasteiger partial charge in [0.2, 0.25) is 0 Å². The Labute approximate surface area is 148 Å². The first-order valence-electron chi connectivity index (χ1n) is 7.12. The van der Waals surface area contributed by atoms with Crippen LogP contribution in [0.1, 0.15) is 18.1 Å². The second kappa shape index (κ2) is 8.68. The van der Waals surface area contributed by atoms with Crippen LogP contribution >= 0.6 is 28.3 Å². The molecule has 2 nitrogen and oxygen atoms in total. The molecule has 0 amide bonds. The molecule has 0 aliphatic carbocycles. The van der Waals surface area contributed by atoms with E-state index in [9.17, 15) is 0 Å². The fourth-order valence-corrected chi connectivity index (χ4v) is 2.55. The topological polar surface area (TPSA) is 12.5 Å². The second-order valence-electron chi connectivity index (χ2n) is 5.56. The summed E-state index contributed by atoms with van der Waals surface area (Å²) in [4.78, 5) is 2.13. The fourth-order valence-electron chi connectivity index (χ4n) is 2.29. The number of hydrogen-bond donors (Lipinski definition) is 0. The molecule has 0 bridgehead atoms. The van der Waals surface area contributed by atoms with Crippen LogP contribution in [0.5, 0.6) is 0 Å². The van der Waals surface area contributed by atoms with Gasteiger partial charge in [0.05, 0.1) is 6.61 Å². The molecular weight excluding hydrogens is 362 g/mol. The predicted molar refractivity (Wildman–Crippen MR) is 98.8 cm³/mol. The standard InChI is InChI=1S/C18H22BrNO.ClH/c1-18(21-14-13-20(2)3,15-7-5-4-6-8-15)16-9-11-17(19)12-10-16;/h4-12H,13-14H2,1-3H3;1H. The highest BCUT2D eigenvalue weighted by Crippen LogP contribution is 2.33. The number of benzene rings is 2. The van der Waals surface area contributed by atoms with E-state index in [0.29, 0.717) is 6.61 Å². The Morgan fingerprint density at radius 1 is 0.955 bits per heavy atom. The van der Waals surface area contributed by atoms with Crippen molar-refractivity contribution in [1.29, 1.82) is 0 Å². The van der Waals surface area contributed by atoms with Gasteiger partial charge in [-0.25, -0.2) is 0 Å². The van der Waals surface area contributed by atoms with Gasteiger partial charge in [-0.2, -0.15) is 0 Å². The molecular formula is C18H23BrClNO. The molecule has 22 heavy (non-hydrogen) atoms. The average Bonchev–Trinajstić information content (AvgIpc) is 2.48. The molecule has 0 heterocycles. The van der Waals surface area contributed by atoms with E-state index in [4.69, 9.17) is 4.74 Å². The monoisotopic (exact) mass is 383 g/mol. The summed E-state index contributed by atoms with van der Waals surface area (Å²) in [5.74, 6) is 0. The molecule has 1 atom stereocenters. The van der Waals surface area contributed by atoms with Crippen LogP contribution in [0, 0.1) is 0 Å². The summed E-state index contributed by atoms with van der Waals surface area (Å²) < 4.78 is 7.37. The molecule has 4 heteroatoms. The Balaban J connectivity index is 0.00000242. The fraction of sp³-hybridized carbons (Fsp3) is 0.333. The predicted octanol–water partition coefficient (Wildman–Crippen LogP) is 4.71. The summed E-state index contributed by atoms with van der Waals surface area (Å²) >= 11 is 3.49. The maximum Gasteiger partial charge on any atom is 0.115 e. The minimum Gasteiger partial charge on any atom is -0.365 e. The highest BCUT2D eigenvalue weighted by molar-refractivity contribution is 9.10. The van der Waals surface area contributed by atoms with Gasteiger partial charge in [-0.3, -0.25) is 0 Å². The summed E-state index contributed by atoms with van der Waals surface area (Å²) in [6, 6.07) is 18.8. The van der Waals surface area contributed by atoms with E-state index >= 15 is 0 Å². The second-order valence-corrected chi connectivity index (χ2v) is 6.47. The summed E-state index contributed by atoms with van der Waals surface area (Å²) in [5.41, 5.74) is 1.90. The first-order chi connectivity index (χ1) is 10.0. The zero-order valence-electron chi connectivity index (χ0n) is 13.3. The van der Waals surface area contributed by atoms with Gasteiger partial charge in [-0.05, 0) is 44.3 Å². The van der Waals surface area contributed by atoms with Gasteiger partial charge in [0.25, 0.3) is 0 Å². The van der Waals surface area contributed by atoms with Crippen LogP contribution in [-0.4, -0.2) is 32.1 Å². The van der Waals surface area contributed by atoms with E-state index in [1.165, 1.54) is 5.56 Å². The number of hydrogen-bond acceptors (Lipinski definition) is 2. The minimum atomic E-state index is -0.433. The number of rotatable bonds is 6. The molecule has 0 aliphatic rings. The Hall–Kier alpha value is -0.870. The van der Waals surface area contributed by atoms with Crippen molar-refractivity contribution in [3.63, 3.8) is 0 Å². The summed E-state index contributed by atoms with van der Waals surface area (Å²) in [7, 11) is 4.12. The van der Waals surface area contributed by atoms with Gasteiger partial charge < -0.3 is 9.64 Å². The van der Waals surface area contributed by atoms with Gasteiger partial charge in [0, 0.05) is 11.0 Å². The van der Waals surface area contributed by atoms with E-state index < -0.39 is 5.60 Å². The highest BCUT2D eigenvalue weighted by Gasteiger charge is 2.29. The maximum atomic E-state index is 6.30. The number of ether oxygens (including phenoxy) is 1. The molecule has 2 rings (SSSR count). The van der Waals surface area contributed by atoms with E-state index in [1.807, 2.05) is 6.07 Å². The van der Waals surface area contributed by atoms with E-state index in [2.05, 4.69) is 90.4 Å². The van der Waals surface area contributed by atoms with Crippen LogP contribution in [0.15, 0.2) is 59.1 Å². The van der Waals surface area contributed by atoms with Crippen molar-refractivity contribution in [3.8, 4) is 0 Å². The highest BCUT2D eigenvalue weighted by atomic mass is 79.9. The Morgan fingerprint density at radius 2 is 1.50 bits per heavy atom. The Morgan fingerprint density at radius 3 is 2.05 bits per heavy atom. The maximum absolute atomic E-state index is 6.30. The first kappa shape index (κ1) is 19.2. The van der Waals surface area contributed by atoms with Crippen molar-refractivity contribution in [2.75, 3.05) is 27.2 Å². The molecule has 0 aliphatic heterocycles. The number of nitrogens with zero attached hydrogens (tertiary/aromatic N) is 1. The van der Waals surface area contributed by atoms with Gasteiger partial charge in [-0.15, -0.1) is 12.4 Å². The average molecular weight is 385 g/mol. The molecule has 0 fully saturated rings. The van der Waals surface area contributed by atoms with E-state index in [1.54, 1.807) is 0 Å². The molecule has 2 aromatic rings. The van der Waals surface area contributed by atoms with Gasteiger partial charge in [-0.1, -0.05) is 58.4 Å². The van der Waals surface area contributed by atoms with Crippen LogP contribution in [0.3, 0.4) is 0 Å². The van der Waals surface area contributed by atoms with Crippen LogP contribution in [0.2, 0.25) is 0 Å². The van der Waals surface area contributed by atoms with E-state index in [-0.39, 0.29) is 12.4 Å². The van der Waals surface area contributed by atoms with E-state index in [0.717, 1.165) is 16.6 Å². The van der Waals surface area contributed by atoms with Crippen LogP contribution < -0.4 is 0 Å². The lowest BCUT2D eigenvalue weighted by Crippen LogP contribution is -2.31. The summed E-state index contributed by atoms with van der Waals surface area (Å²) in [5, 5.41) is 0. The molecule has 0 aromatic heterocycles. The van der Waals surface area contributed by atoms with Crippen molar-refractivity contribution in [3.05, 3.63) is 70.2 Å². The molecule has 0 radical (unpaired) electrons. The third kappa shape index (κ3) is 4.82. The van der Waals surface area contributed by atoms with Gasteiger partial charge in [0.15, 0.2) is 0 Å². The molecule has 0 N–H and O–H groups in total. The zero-order chi connectivity index (χ0) is 15.3. The SMILES string of the molecule is CN(C)CCOC(C)(c1ccccc1)c1ccc(Br)cc1.Cl. The molecule has 0 spiro atoms. The number of halogens is 2. The van der Waals surface area contributed by atoms with Crippen molar-refractivity contribution in [1.82, 2.24) is 4.90 Å². The number of likely N-dealkylation sites (N-methyl/N-ethyl adjacent to an activating group) is 1. The smallest absolute Gasteiger partial charge is 0.115 e. The Bertz CT molecular complexity index is 559. The van der Waals surface area contributed by atoms with Crippen LogP contribution in [0.25, 0.3) is 0 Å². The lowest BCUT2D eigenvalue weighted by Gasteiger charge is -2.32. The molecule has 120 valence electrons. The summed E-state index contributed by atoms with van der Waals surface area (Å²) in [6.45, 7) is 3.73. The zero-order valence-corrected chi connectivity index (χ0v) is 15.7. The molecule has 1 unspecified atom stereocenters. The molecule has 0 saturated heterocycles. The first-order valence-corrected chi connectivity index (χ1v) is 7.92. The lowest BCUT2D eigenvalue weighted by molar-refractivity contribution is -0.0101. The van der Waals surface area contributed by atoms with Crippen LogP contribution in [-0.2, 0) is 10.3 Å². The summed E-state index contributed by atoms with van der Waals surface area (Å²) in [6.07, 6.45) is 0. The molecule has 2 aromatic carbocycles. The van der Waals surface area contributed by atoms with Crippen molar-refractivity contribution in [2.24, 2.45) is 0 Å². The van der Waals surface area contributed by atoms with Crippen LogP contribution in [0.4, 0.5) is 0 Å². The largest absolute Gasteiger partial charge is 0.365 e. The van der Waals surface area contributed by atoms with Crippen molar-refractivity contribution >= 4 is 28.3 Å². The van der Waals surface area contributed by atoms with Gasteiger partial charge >= 0.3 is 0 Å². The normalized spacial score (nSPS) is 13.5. The third-order valence-electron chi connectivity index (χ3n) is 3.65.